The lowest BCUT2D eigenvalue weighted by molar-refractivity contribution is -0.142. The van der Waals surface area contributed by atoms with Crippen LogP contribution in [-0.2, 0) is 36.8 Å². The Balaban J connectivity index is 1.79. The number of aromatic nitrogens is 3. The van der Waals surface area contributed by atoms with Crippen molar-refractivity contribution in [1.82, 2.24) is 30.9 Å². The molecule has 44 heavy (non-hydrogen) atoms. The SMILES string of the molecule is NC(N)=NCCCC(NC(=O)C(N)CC(=O)O)C(=O)NC(Cc1cnc[nH]1)C(=O)NC(Cc1c[nH]c2ccccc12)C(=O)O. The lowest BCUT2D eigenvalue weighted by Gasteiger charge is -2.25. The van der Waals surface area contributed by atoms with Crippen LogP contribution >= 0.6 is 0 Å². The Morgan fingerprint density at radius 3 is 2.25 bits per heavy atom. The predicted octanol–water partition coefficient (Wildman–Crippen LogP) is -1.93. The number of benzene rings is 1. The van der Waals surface area contributed by atoms with Crippen LogP contribution in [0.2, 0.25) is 0 Å². The van der Waals surface area contributed by atoms with E-state index in [0.29, 0.717) is 11.3 Å². The number of H-pyrrole nitrogens is 2. The van der Waals surface area contributed by atoms with Crippen LogP contribution in [0.15, 0.2) is 48.0 Å². The Morgan fingerprint density at radius 1 is 0.909 bits per heavy atom. The highest BCUT2D eigenvalue weighted by molar-refractivity contribution is 5.95. The molecule has 17 nitrogen and oxygen atoms in total. The highest BCUT2D eigenvalue weighted by Crippen LogP contribution is 2.19. The number of hydrogen-bond acceptors (Lipinski definition) is 8. The lowest BCUT2D eigenvalue weighted by atomic mass is 10.0. The highest BCUT2D eigenvalue weighted by atomic mass is 16.4. The molecule has 4 atom stereocenters. The molecule has 0 aliphatic rings. The van der Waals surface area contributed by atoms with Gasteiger partial charge in [0.2, 0.25) is 17.7 Å². The average Bonchev–Trinajstić information content (AvgIpc) is 3.63. The molecule has 0 saturated carbocycles. The molecule has 0 spiro atoms. The number of fused-ring (bicyclic) bond motifs is 1. The van der Waals surface area contributed by atoms with Gasteiger partial charge in [-0.25, -0.2) is 9.78 Å². The van der Waals surface area contributed by atoms with Crippen molar-refractivity contribution in [2.45, 2.75) is 56.3 Å². The van der Waals surface area contributed by atoms with Crippen molar-refractivity contribution in [2.24, 2.45) is 22.2 Å². The maximum absolute atomic E-state index is 13.5. The molecule has 0 aliphatic carbocycles. The molecule has 2 aromatic heterocycles. The zero-order valence-corrected chi connectivity index (χ0v) is 23.7. The van der Waals surface area contributed by atoms with Gasteiger partial charge in [-0.1, -0.05) is 18.2 Å². The van der Waals surface area contributed by atoms with Crippen molar-refractivity contribution in [1.29, 1.82) is 0 Å². The van der Waals surface area contributed by atoms with E-state index in [0.717, 1.165) is 10.9 Å². The van der Waals surface area contributed by atoms with Gasteiger partial charge in [0.25, 0.3) is 0 Å². The number of aliphatic imine (C=N–C) groups is 1. The molecular weight excluding hydrogens is 576 g/mol. The van der Waals surface area contributed by atoms with Gasteiger partial charge in [0.05, 0.1) is 18.8 Å². The summed E-state index contributed by atoms with van der Waals surface area (Å²) in [5, 5.41) is 27.2. The minimum atomic E-state index is -1.44. The average molecular weight is 613 g/mol. The van der Waals surface area contributed by atoms with E-state index in [9.17, 15) is 29.1 Å². The maximum Gasteiger partial charge on any atom is 0.326 e. The van der Waals surface area contributed by atoms with Gasteiger partial charge < -0.3 is 53.3 Å². The van der Waals surface area contributed by atoms with Crippen LogP contribution in [0.4, 0.5) is 0 Å². The van der Waals surface area contributed by atoms with Crippen LogP contribution in [0.5, 0.6) is 0 Å². The number of nitrogens with two attached hydrogens (primary N) is 3. The van der Waals surface area contributed by atoms with Crippen LogP contribution in [0, 0.1) is 0 Å². The summed E-state index contributed by atoms with van der Waals surface area (Å²) in [6, 6.07) is 1.98. The van der Waals surface area contributed by atoms with E-state index in [1.165, 1.54) is 12.5 Å². The number of guanidine groups is 1. The number of para-hydroxylation sites is 1. The van der Waals surface area contributed by atoms with E-state index in [1.807, 2.05) is 24.3 Å². The fraction of sp³-hybridized carbons (Fsp3) is 0.370. The van der Waals surface area contributed by atoms with Gasteiger partial charge in [-0.15, -0.1) is 0 Å². The Kier molecular flexibility index (Phi) is 11.8. The number of amides is 3. The van der Waals surface area contributed by atoms with Crippen molar-refractivity contribution in [2.75, 3.05) is 6.54 Å². The van der Waals surface area contributed by atoms with E-state index in [1.54, 1.807) is 6.20 Å². The molecule has 3 aromatic rings. The minimum Gasteiger partial charge on any atom is -0.481 e. The summed E-state index contributed by atoms with van der Waals surface area (Å²) < 4.78 is 0. The number of aromatic amines is 2. The van der Waals surface area contributed by atoms with Crippen LogP contribution < -0.4 is 33.2 Å². The number of imidazole rings is 1. The smallest absolute Gasteiger partial charge is 0.326 e. The maximum atomic E-state index is 13.5. The van der Waals surface area contributed by atoms with Gasteiger partial charge in [0.15, 0.2) is 5.96 Å². The number of carboxylic acids is 2. The summed E-state index contributed by atoms with van der Waals surface area (Å²) in [6.07, 6.45) is 3.91. The number of carbonyl (C=O) groups excluding carboxylic acids is 3. The Hall–Kier alpha value is -5.45. The summed E-state index contributed by atoms with van der Waals surface area (Å²) in [6.45, 7) is 0.120. The van der Waals surface area contributed by atoms with Crippen LogP contribution in [0.3, 0.4) is 0 Å². The van der Waals surface area contributed by atoms with Crippen molar-refractivity contribution in [3.63, 3.8) is 0 Å². The first-order chi connectivity index (χ1) is 20.9. The third kappa shape index (κ3) is 9.83. The summed E-state index contributed by atoms with van der Waals surface area (Å²) >= 11 is 0. The number of nitrogens with zero attached hydrogens (tertiary/aromatic N) is 2. The van der Waals surface area contributed by atoms with Crippen molar-refractivity contribution in [3.05, 3.63) is 54.2 Å². The Morgan fingerprint density at radius 2 is 1.59 bits per heavy atom. The third-order valence-electron chi connectivity index (χ3n) is 6.63. The van der Waals surface area contributed by atoms with Gasteiger partial charge in [-0.2, -0.15) is 0 Å². The second-order valence-electron chi connectivity index (χ2n) is 10.0. The van der Waals surface area contributed by atoms with Gasteiger partial charge in [0, 0.05) is 48.4 Å². The highest BCUT2D eigenvalue weighted by Gasteiger charge is 2.31. The molecule has 0 bridgehead atoms. The molecule has 4 unspecified atom stereocenters. The monoisotopic (exact) mass is 612 g/mol. The molecule has 0 radical (unpaired) electrons. The second-order valence-corrected chi connectivity index (χ2v) is 10.0. The standard InChI is InChI=1S/C27H36N10O7/c28-17(10-22(38)39)23(40)35-19(6-3-7-32-27(29)30)24(41)36-20(9-15-12-31-13-34-15)25(42)37-21(26(43)44)8-14-11-33-18-5-2-1-4-16(14)18/h1-2,4-5,11-13,17,19-21,33H,3,6-10,28H2,(H,31,34)(H,35,40)(H,36,41)(H,37,42)(H,38,39)(H,43,44)(H4,29,30,32). The van der Waals surface area contributed by atoms with E-state index in [2.05, 4.69) is 35.9 Å². The fourth-order valence-corrected chi connectivity index (χ4v) is 4.42. The number of rotatable bonds is 17. The molecule has 1 aromatic carbocycles. The largest absolute Gasteiger partial charge is 0.481 e. The van der Waals surface area contributed by atoms with Gasteiger partial charge in [-0.05, 0) is 24.5 Å². The topological polar surface area (TPSA) is 297 Å². The molecule has 3 amide bonds. The predicted molar refractivity (Wildman–Crippen MR) is 158 cm³/mol. The minimum absolute atomic E-state index is 0.00482. The molecular formula is C27H36N10O7. The second kappa shape index (κ2) is 15.7. The van der Waals surface area contributed by atoms with Crippen LogP contribution in [0.25, 0.3) is 10.9 Å². The summed E-state index contributed by atoms with van der Waals surface area (Å²) in [5.41, 5.74) is 18.3. The molecule has 17 heteroatoms. The number of carbonyl (C=O) groups is 5. The van der Waals surface area contributed by atoms with Crippen molar-refractivity contribution >= 4 is 46.5 Å². The molecule has 3 rings (SSSR count). The molecule has 0 aliphatic heterocycles. The zero-order chi connectivity index (χ0) is 32.2. The number of nitrogens with one attached hydrogen (secondary N) is 5. The van der Waals surface area contributed by atoms with E-state index < -0.39 is 60.2 Å². The van der Waals surface area contributed by atoms with Crippen LogP contribution in [0.1, 0.15) is 30.5 Å². The fourth-order valence-electron chi connectivity index (χ4n) is 4.42. The Labute approximate surface area is 251 Å². The summed E-state index contributed by atoms with van der Waals surface area (Å²) in [5.74, 6) is -5.25. The van der Waals surface area contributed by atoms with E-state index >= 15 is 0 Å². The van der Waals surface area contributed by atoms with E-state index in [-0.39, 0.29) is 38.2 Å². The van der Waals surface area contributed by atoms with E-state index in [4.69, 9.17) is 22.3 Å². The number of carboxylic acid groups (broad SMARTS) is 2. The first-order valence-electron chi connectivity index (χ1n) is 13.6. The molecule has 2 heterocycles. The molecule has 0 fully saturated rings. The first kappa shape index (κ1) is 33.1. The third-order valence-corrected chi connectivity index (χ3v) is 6.63. The summed E-state index contributed by atoms with van der Waals surface area (Å²) in [4.78, 5) is 76.3. The van der Waals surface area contributed by atoms with Gasteiger partial charge >= 0.3 is 11.9 Å². The van der Waals surface area contributed by atoms with Gasteiger partial charge in [0.1, 0.15) is 18.1 Å². The van der Waals surface area contributed by atoms with Crippen molar-refractivity contribution in [3.8, 4) is 0 Å². The van der Waals surface area contributed by atoms with Crippen LogP contribution in [-0.4, -0.2) is 91.5 Å². The molecule has 13 N–H and O–H groups in total. The zero-order valence-electron chi connectivity index (χ0n) is 23.7. The molecule has 0 saturated heterocycles. The van der Waals surface area contributed by atoms with Crippen molar-refractivity contribution < 1.29 is 34.2 Å². The summed E-state index contributed by atoms with van der Waals surface area (Å²) in [7, 11) is 0. The first-order valence-corrected chi connectivity index (χ1v) is 13.6. The van der Waals surface area contributed by atoms with Gasteiger partial charge in [-0.3, -0.25) is 24.2 Å². The number of aliphatic carboxylic acids is 2. The molecule has 236 valence electrons. The number of hydrogen-bond donors (Lipinski definition) is 10. The Bertz CT molecular complexity index is 1480. The normalized spacial score (nSPS) is 13.7. The quantitative estimate of drug-likeness (QED) is 0.0455. The lowest BCUT2D eigenvalue weighted by Crippen LogP contribution is -2.58.